The molecule has 0 bridgehead atoms. The minimum Gasteiger partial charge on any atom is -0.325 e. The Kier molecular flexibility index (Phi) is 3.04. The number of hydrogen-bond acceptors (Lipinski definition) is 2. The fourth-order valence-corrected chi connectivity index (χ4v) is 2.09. The van der Waals surface area contributed by atoms with Crippen molar-refractivity contribution in [2.24, 2.45) is 5.73 Å². The lowest BCUT2D eigenvalue weighted by Crippen LogP contribution is -2.27. The molecule has 1 unspecified atom stereocenters. The van der Waals surface area contributed by atoms with Crippen molar-refractivity contribution in [1.29, 1.82) is 0 Å². The van der Waals surface area contributed by atoms with Crippen LogP contribution >= 0.6 is 11.6 Å². The van der Waals surface area contributed by atoms with Crippen LogP contribution < -0.4 is 5.73 Å². The van der Waals surface area contributed by atoms with Gasteiger partial charge in [0.2, 0.25) is 0 Å². The maximum absolute atomic E-state index is 11.6. The molecular weight excluding hydrogens is 222 g/mol. The van der Waals surface area contributed by atoms with E-state index in [1.165, 1.54) is 0 Å². The molecule has 0 spiro atoms. The Balaban J connectivity index is 2.18. The van der Waals surface area contributed by atoms with E-state index in [0.717, 1.165) is 24.8 Å². The van der Waals surface area contributed by atoms with E-state index in [2.05, 4.69) is 0 Å². The molecule has 86 valence electrons. The lowest BCUT2D eigenvalue weighted by molar-refractivity contribution is -0.118. The van der Waals surface area contributed by atoms with Gasteiger partial charge >= 0.3 is 0 Å². The van der Waals surface area contributed by atoms with Crippen LogP contribution in [0.3, 0.4) is 0 Å². The van der Waals surface area contributed by atoms with Crippen molar-refractivity contribution in [3.63, 3.8) is 0 Å². The standard InChI is InChI=1S/C13H16ClNO/c1-9(16)12(8-13(15)6-7-13)10-2-4-11(14)5-3-10/h2-5,12H,6-8,15H2,1H3. The Labute approximate surface area is 101 Å². The molecule has 1 aromatic carbocycles. The Morgan fingerprint density at radius 1 is 1.44 bits per heavy atom. The highest BCUT2D eigenvalue weighted by molar-refractivity contribution is 6.30. The monoisotopic (exact) mass is 237 g/mol. The van der Waals surface area contributed by atoms with Crippen LogP contribution in [0.1, 0.15) is 37.7 Å². The number of benzene rings is 1. The summed E-state index contributed by atoms with van der Waals surface area (Å²) < 4.78 is 0. The summed E-state index contributed by atoms with van der Waals surface area (Å²) in [5, 5.41) is 0.694. The number of hydrogen-bond donors (Lipinski definition) is 1. The van der Waals surface area contributed by atoms with Gasteiger partial charge in [-0.05, 0) is 43.9 Å². The molecule has 1 aliphatic carbocycles. The third kappa shape index (κ3) is 2.63. The van der Waals surface area contributed by atoms with Gasteiger partial charge in [0.1, 0.15) is 5.78 Å². The highest BCUT2D eigenvalue weighted by atomic mass is 35.5. The normalized spacial score (nSPS) is 19.2. The molecule has 1 aromatic rings. The first kappa shape index (κ1) is 11.6. The number of carbonyl (C=O) groups is 1. The van der Waals surface area contributed by atoms with E-state index in [1.807, 2.05) is 24.3 Å². The highest BCUT2D eigenvalue weighted by Gasteiger charge is 2.41. The zero-order valence-corrected chi connectivity index (χ0v) is 10.1. The Morgan fingerprint density at radius 2 is 2.00 bits per heavy atom. The summed E-state index contributed by atoms with van der Waals surface area (Å²) in [6.07, 6.45) is 2.82. The zero-order valence-electron chi connectivity index (χ0n) is 9.37. The molecule has 0 aromatic heterocycles. The fraction of sp³-hybridized carbons (Fsp3) is 0.462. The van der Waals surface area contributed by atoms with E-state index in [-0.39, 0.29) is 17.2 Å². The van der Waals surface area contributed by atoms with Gasteiger partial charge in [-0.3, -0.25) is 4.79 Å². The predicted molar refractivity (Wildman–Crippen MR) is 65.6 cm³/mol. The third-order valence-electron chi connectivity index (χ3n) is 3.27. The topological polar surface area (TPSA) is 43.1 Å². The van der Waals surface area contributed by atoms with Crippen molar-refractivity contribution >= 4 is 17.4 Å². The molecule has 0 amide bonds. The van der Waals surface area contributed by atoms with Gasteiger partial charge in [-0.1, -0.05) is 23.7 Å². The summed E-state index contributed by atoms with van der Waals surface area (Å²) >= 11 is 5.83. The van der Waals surface area contributed by atoms with Gasteiger partial charge in [-0.15, -0.1) is 0 Å². The van der Waals surface area contributed by atoms with Crippen molar-refractivity contribution in [2.45, 2.75) is 37.6 Å². The Hall–Kier alpha value is -0.860. The van der Waals surface area contributed by atoms with E-state index in [4.69, 9.17) is 17.3 Å². The van der Waals surface area contributed by atoms with Crippen LogP contribution in [0.5, 0.6) is 0 Å². The van der Waals surface area contributed by atoms with Crippen LogP contribution in [0.25, 0.3) is 0 Å². The molecule has 0 heterocycles. The van der Waals surface area contributed by atoms with E-state index in [9.17, 15) is 4.79 Å². The van der Waals surface area contributed by atoms with E-state index in [0.29, 0.717) is 5.02 Å². The first-order valence-electron chi connectivity index (χ1n) is 5.55. The zero-order chi connectivity index (χ0) is 11.8. The first-order valence-corrected chi connectivity index (χ1v) is 5.93. The summed E-state index contributed by atoms with van der Waals surface area (Å²) in [4.78, 5) is 11.6. The maximum Gasteiger partial charge on any atom is 0.137 e. The molecule has 0 aliphatic heterocycles. The fourth-order valence-electron chi connectivity index (χ4n) is 1.96. The van der Waals surface area contributed by atoms with Gasteiger partial charge in [0.15, 0.2) is 0 Å². The molecule has 1 atom stereocenters. The number of rotatable bonds is 4. The highest BCUT2D eigenvalue weighted by Crippen LogP contribution is 2.41. The second-order valence-corrected chi connectivity index (χ2v) is 5.22. The van der Waals surface area contributed by atoms with Crippen molar-refractivity contribution in [2.75, 3.05) is 0 Å². The van der Waals surface area contributed by atoms with Crippen molar-refractivity contribution < 1.29 is 4.79 Å². The Bertz CT molecular complexity index is 395. The van der Waals surface area contributed by atoms with Gasteiger partial charge in [-0.2, -0.15) is 0 Å². The maximum atomic E-state index is 11.6. The third-order valence-corrected chi connectivity index (χ3v) is 3.52. The number of carbonyl (C=O) groups excluding carboxylic acids is 1. The second kappa shape index (κ2) is 4.19. The van der Waals surface area contributed by atoms with Crippen molar-refractivity contribution in [3.05, 3.63) is 34.9 Å². The van der Waals surface area contributed by atoms with Gasteiger partial charge in [-0.25, -0.2) is 0 Å². The number of ketones is 1. The quantitative estimate of drug-likeness (QED) is 0.875. The molecular formula is C13H16ClNO. The minimum absolute atomic E-state index is 0.0789. The lowest BCUT2D eigenvalue weighted by atomic mass is 9.88. The molecule has 2 nitrogen and oxygen atoms in total. The van der Waals surface area contributed by atoms with Crippen LogP contribution in [-0.4, -0.2) is 11.3 Å². The average molecular weight is 238 g/mol. The molecule has 3 heteroatoms. The molecule has 0 saturated heterocycles. The Morgan fingerprint density at radius 3 is 2.44 bits per heavy atom. The molecule has 0 radical (unpaired) electrons. The summed E-state index contributed by atoms with van der Waals surface area (Å²) in [6.45, 7) is 1.63. The van der Waals surface area contributed by atoms with Crippen molar-refractivity contribution in [1.82, 2.24) is 0 Å². The van der Waals surface area contributed by atoms with Crippen LogP contribution in [0.4, 0.5) is 0 Å². The number of halogens is 1. The summed E-state index contributed by atoms with van der Waals surface area (Å²) in [5.41, 5.74) is 6.99. The number of nitrogens with two attached hydrogens (primary N) is 1. The van der Waals surface area contributed by atoms with E-state index in [1.54, 1.807) is 6.92 Å². The SMILES string of the molecule is CC(=O)C(CC1(N)CC1)c1ccc(Cl)cc1. The number of Topliss-reactive ketones (excluding diaryl/α,β-unsaturated/α-hetero) is 1. The van der Waals surface area contributed by atoms with Gasteiger partial charge in [0.05, 0.1) is 0 Å². The van der Waals surface area contributed by atoms with E-state index < -0.39 is 0 Å². The van der Waals surface area contributed by atoms with Crippen LogP contribution in [-0.2, 0) is 4.79 Å². The summed E-state index contributed by atoms with van der Waals surface area (Å²) in [7, 11) is 0. The lowest BCUT2D eigenvalue weighted by Gasteiger charge is -2.18. The molecule has 1 fully saturated rings. The largest absolute Gasteiger partial charge is 0.325 e. The second-order valence-electron chi connectivity index (χ2n) is 4.78. The van der Waals surface area contributed by atoms with Crippen LogP contribution in [0.2, 0.25) is 5.02 Å². The first-order chi connectivity index (χ1) is 7.50. The minimum atomic E-state index is -0.101. The summed E-state index contributed by atoms with van der Waals surface area (Å²) in [6, 6.07) is 7.48. The van der Waals surface area contributed by atoms with Crippen LogP contribution in [0, 0.1) is 0 Å². The van der Waals surface area contributed by atoms with Gasteiger partial charge in [0.25, 0.3) is 0 Å². The van der Waals surface area contributed by atoms with Crippen LogP contribution in [0.15, 0.2) is 24.3 Å². The van der Waals surface area contributed by atoms with Crippen molar-refractivity contribution in [3.8, 4) is 0 Å². The van der Waals surface area contributed by atoms with Gasteiger partial charge < -0.3 is 5.73 Å². The smallest absolute Gasteiger partial charge is 0.137 e. The molecule has 1 saturated carbocycles. The molecule has 16 heavy (non-hydrogen) atoms. The summed E-state index contributed by atoms with van der Waals surface area (Å²) in [5.74, 6) is 0.101. The average Bonchev–Trinajstić information content (AvgIpc) is 2.95. The molecule has 2 N–H and O–H groups in total. The predicted octanol–water partition coefficient (Wildman–Crippen LogP) is 2.89. The molecule has 2 rings (SSSR count). The molecule has 1 aliphatic rings. The van der Waals surface area contributed by atoms with Gasteiger partial charge in [0, 0.05) is 16.5 Å². The van der Waals surface area contributed by atoms with E-state index >= 15 is 0 Å².